The summed E-state index contributed by atoms with van der Waals surface area (Å²) in [4.78, 5) is 24.9. The maximum absolute atomic E-state index is 12.5. The third-order valence-corrected chi connectivity index (χ3v) is 5.22. The number of hydrogen-bond acceptors (Lipinski definition) is 3. The average molecular weight is 328 g/mol. The molecule has 0 bridgehead atoms. The zero-order chi connectivity index (χ0) is 16.6. The van der Waals surface area contributed by atoms with Gasteiger partial charge < -0.3 is 0 Å². The normalized spacial score (nSPS) is 13.8. The van der Waals surface area contributed by atoms with E-state index in [-0.39, 0.29) is 17.3 Å². The molecule has 0 atom stereocenters. The minimum Gasteiger partial charge on any atom is -0.285 e. The first kappa shape index (κ1) is 15.9. The molecule has 0 amide bonds. The highest BCUT2D eigenvalue weighted by Gasteiger charge is 2.22. The van der Waals surface area contributed by atoms with Crippen LogP contribution in [0.25, 0.3) is 6.08 Å². The fourth-order valence-corrected chi connectivity index (χ4v) is 4.07. The summed E-state index contributed by atoms with van der Waals surface area (Å²) in [5.74, 6) is 0.807. The highest BCUT2D eigenvalue weighted by Crippen LogP contribution is 2.31. The van der Waals surface area contributed by atoms with Gasteiger partial charge in [-0.1, -0.05) is 35.9 Å². The molecule has 1 aromatic carbocycles. The standard InChI is InChI=1S/C18H20N2O2S/c1-12(2)20-17-15(16(21)19(3)18(20)22)10-14(11-23-17)9-13-7-5-4-6-8-13/h4-8,10,12H,9,11H2,1-3H3. The quantitative estimate of drug-likeness (QED) is 0.814. The molecule has 0 fully saturated rings. The Morgan fingerprint density at radius 1 is 1.17 bits per heavy atom. The first-order valence-corrected chi connectivity index (χ1v) is 8.69. The van der Waals surface area contributed by atoms with Gasteiger partial charge in [-0.3, -0.25) is 13.9 Å². The smallest absolute Gasteiger partial charge is 0.285 e. The van der Waals surface area contributed by atoms with Gasteiger partial charge in [0.1, 0.15) is 0 Å². The monoisotopic (exact) mass is 328 g/mol. The lowest BCUT2D eigenvalue weighted by Gasteiger charge is -2.23. The zero-order valence-electron chi connectivity index (χ0n) is 13.6. The Labute approximate surface area is 139 Å². The second-order valence-corrected chi connectivity index (χ2v) is 7.05. The molecule has 3 rings (SSSR count). The van der Waals surface area contributed by atoms with Crippen molar-refractivity contribution in [3.8, 4) is 0 Å². The summed E-state index contributed by atoms with van der Waals surface area (Å²) in [6, 6.07) is 10.3. The van der Waals surface area contributed by atoms with Crippen LogP contribution in [0.4, 0.5) is 0 Å². The number of hydrogen-bond donors (Lipinski definition) is 0. The zero-order valence-corrected chi connectivity index (χ0v) is 14.4. The second-order valence-electron chi connectivity index (χ2n) is 6.08. The van der Waals surface area contributed by atoms with Crippen molar-refractivity contribution in [2.45, 2.75) is 31.3 Å². The highest BCUT2D eigenvalue weighted by atomic mass is 32.2. The van der Waals surface area contributed by atoms with E-state index in [1.54, 1.807) is 23.4 Å². The van der Waals surface area contributed by atoms with Crippen molar-refractivity contribution in [2.24, 2.45) is 7.05 Å². The van der Waals surface area contributed by atoms with Gasteiger partial charge in [-0.15, -0.1) is 11.8 Å². The van der Waals surface area contributed by atoms with Gasteiger partial charge >= 0.3 is 5.69 Å². The predicted molar refractivity (Wildman–Crippen MR) is 95.2 cm³/mol. The van der Waals surface area contributed by atoms with E-state index in [1.807, 2.05) is 38.1 Å². The molecule has 1 aliphatic heterocycles. The molecule has 23 heavy (non-hydrogen) atoms. The molecule has 0 saturated carbocycles. The van der Waals surface area contributed by atoms with E-state index in [9.17, 15) is 9.59 Å². The molecule has 0 unspecified atom stereocenters. The first-order chi connectivity index (χ1) is 11.0. The Morgan fingerprint density at radius 3 is 2.52 bits per heavy atom. The molecule has 0 aliphatic carbocycles. The van der Waals surface area contributed by atoms with Crippen LogP contribution in [0.15, 0.2) is 50.5 Å². The largest absolute Gasteiger partial charge is 0.331 e. The summed E-state index contributed by atoms with van der Waals surface area (Å²) < 4.78 is 2.93. The number of fused-ring (bicyclic) bond motifs is 1. The molecule has 5 heteroatoms. The Morgan fingerprint density at radius 2 is 1.87 bits per heavy atom. The van der Waals surface area contributed by atoms with Gasteiger partial charge in [0.2, 0.25) is 0 Å². The minimum absolute atomic E-state index is 0.0274. The minimum atomic E-state index is -0.240. The van der Waals surface area contributed by atoms with E-state index in [4.69, 9.17) is 0 Å². The topological polar surface area (TPSA) is 44.0 Å². The third kappa shape index (κ3) is 2.93. The van der Waals surface area contributed by atoms with Crippen LogP contribution in [0.3, 0.4) is 0 Å². The number of nitrogens with zero attached hydrogens (tertiary/aromatic N) is 2. The molecule has 0 radical (unpaired) electrons. The number of rotatable bonds is 3. The Bertz CT molecular complexity index is 876. The molecule has 120 valence electrons. The van der Waals surface area contributed by atoms with Gasteiger partial charge in [-0.05, 0) is 31.9 Å². The number of aromatic nitrogens is 2. The number of thioether (sulfide) groups is 1. The van der Waals surface area contributed by atoms with Gasteiger partial charge in [-0.25, -0.2) is 4.79 Å². The first-order valence-electron chi connectivity index (χ1n) is 7.70. The third-order valence-electron chi connectivity index (χ3n) is 4.01. The van der Waals surface area contributed by atoms with Crippen LogP contribution >= 0.6 is 11.8 Å². The molecule has 1 aliphatic rings. The van der Waals surface area contributed by atoms with Crippen LogP contribution < -0.4 is 11.2 Å². The van der Waals surface area contributed by atoms with Crippen LogP contribution in [0, 0.1) is 0 Å². The lowest BCUT2D eigenvalue weighted by Crippen LogP contribution is -2.41. The summed E-state index contributed by atoms with van der Waals surface area (Å²) in [5.41, 5.74) is 2.63. The Balaban J connectivity index is 2.10. The highest BCUT2D eigenvalue weighted by molar-refractivity contribution is 7.99. The van der Waals surface area contributed by atoms with Crippen LogP contribution in [0.1, 0.15) is 31.0 Å². The molecule has 1 aromatic heterocycles. The van der Waals surface area contributed by atoms with E-state index in [2.05, 4.69) is 12.1 Å². The van der Waals surface area contributed by atoms with Crippen LogP contribution in [0.5, 0.6) is 0 Å². The van der Waals surface area contributed by atoms with Crippen molar-refractivity contribution in [1.82, 2.24) is 9.13 Å². The van der Waals surface area contributed by atoms with Crippen molar-refractivity contribution >= 4 is 17.8 Å². The van der Waals surface area contributed by atoms with Gasteiger partial charge in [0, 0.05) is 18.8 Å². The van der Waals surface area contributed by atoms with Gasteiger partial charge in [0.05, 0.1) is 10.6 Å². The number of benzene rings is 1. The van der Waals surface area contributed by atoms with E-state index in [0.717, 1.165) is 17.2 Å². The predicted octanol–water partition coefficient (Wildman–Crippen LogP) is 2.86. The van der Waals surface area contributed by atoms with Gasteiger partial charge in [0.15, 0.2) is 0 Å². The second kappa shape index (κ2) is 6.24. The summed E-state index contributed by atoms with van der Waals surface area (Å²) in [6.45, 7) is 3.94. The fraction of sp³-hybridized carbons (Fsp3) is 0.333. The van der Waals surface area contributed by atoms with Crippen molar-refractivity contribution < 1.29 is 0 Å². The van der Waals surface area contributed by atoms with Gasteiger partial charge in [-0.2, -0.15) is 0 Å². The maximum Gasteiger partial charge on any atom is 0.331 e. The average Bonchev–Trinajstić information content (AvgIpc) is 2.54. The Kier molecular flexibility index (Phi) is 4.31. The lowest BCUT2D eigenvalue weighted by molar-refractivity contribution is 0.488. The maximum atomic E-state index is 12.5. The van der Waals surface area contributed by atoms with Crippen LogP contribution in [-0.2, 0) is 13.5 Å². The van der Waals surface area contributed by atoms with Crippen molar-refractivity contribution in [2.75, 3.05) is 5.75 Å². The van der Waals surface area contributed by atoms with E-state index < -0.39 is 0 Å². The van der Waals surface area contributed by atoms with Crippen molar-refractivity contribution in [3.63, 3.8) is 0 Å². The molecule has 0 saturated heterocycles. The fourth-order valence-electron chi connectivity index (χ4n) is 2.83. The van der Waals surface area contributed by atoms with E-state index in [1.165, 1.54) is 15.7 Å². The van der Waals surface area contributed by atoms with Crippen LogP contribution in [-0.4, -0.2) is 14.9 Å². The summed E-state index contributed by atoms with van der Waals surface area (Å²) >= 11 is 1.59. The molecule has 2 heterocycles. The van der Waals surface area contributed by atoms with Crippen molar-refractivity contribution in [3.05, 3.63) is 67.9 Å². The van der Waals surface area contributed by atoms with E-state index in [0.29, 0.717) is 5.56 Å². The lowest BCUT2D eigenvalue weighted by atomic mass is 10.0. The summed E-state index contributed by atoms with van der Waals surface area (Å²) in [6.07, 6.45) is 2.80. The molecule has 4 nitrogen and oxygen atoms in total. The molecule has 2 aromatic rings. The Hall–Kier alpha value is -2.01. The van der Waals surface area contributed by atoms with Crippen molar-refractivity contribution in [1.29, 1.82) is 0 Å². The summed E-state index contributed by atoms with van der Waals surface area (Å²) in [5, 5.41) is 0.796. The summed E-state index contributed by atoms with van der Waals surface area (Å²) in [7, 11) is 1.55. The van der Waals surface area contributed by atoms with Crippen LogP contribution in [0.2, 0.25) is 0 Å². The molecular formula is C18H20N2O2S. The molecule has 0 spiro atoms. The molecular weight excluding hydrogens is 308 g/mol. The SMILES string of the molecule is CC(C)n1c2c(c(=O)n(C)c1=O)C=C(Cc1ccccc1)CS2. The van der Waals surface area contributed by atoms with E-state index >= 15 is 0 Å². The molecule has 0 N–H and O–H groups in total. The van der Waals surface area contributed by atoms with Gasteiger partial charge in [0.25, 0.3) is 5.56 Å².